The van der Waals surface area contributed by atoms with Gasteiger partial charge < -0.3 is 19.4 Å². The predicted octanol–water partition coefficient (Wildman–Crippen LogP) is 0.473. The van der Waals surface area contributed by atoms with Crippen molar-refractivity contribution in [2.24, 2.45) is 0 Å². The zero-order valence-electron chi connectivity index (χ0n) is 12.5. The van der Waals surface area contributed by atoms with Crippen LogP contribution in [0.1, 0.15) is 18.7 Å². The minimum Gasteiger partial charge on any atom is -0.467 e. The zero-order valence-corrected chi connectivity index (χ0v) is 12.5. The molecular formula is C15H23N3O3. The molecule has 2 saturated heterocycles. The topological polar surface area (TPSA) is 58.0 Å². The Hall–Kier alpha value is -1.37. The van der Waals surface area contributed by atoms with Crippen LogP contribution >= 0.6 is 0 Å². The quantitative estimate of drug-likeness (QED) is 0.878. The summed E-state index contributed by atoms with van der Waals surface area (Å²) >= 11 is 0. The summed E-state index contributed by atoms with van der Waals surface area (Å²) in [6, 6.07) is 3.73. The molecule has 1 amide bonds. The van der Waals surface area contributed by atoms with Crippen LogP contribution in [-0.2, 0) is 9.53 Å². The molecule has 1 aromatic heterocycles. The average molecular weight is 293 g/mol. The number of furan rings is 1. The van der Waals surface area contributed by atoms with Gasteiger partial charge in [0.1, 0.15) is 11.8 Å². The van der Waals surface area contributed by atoms with Crippen molar-refractivity contribution in [2.75, 3.05) is 45.9 Å². The van der Waals surface area contributed by atoms with Crippen LogP contribution in [0.25, 0.3) is 0 Å². The van der Waals surface area contributed by atoms with E-state index in [1.807, 2.05) is 17.0 Å². The number of hydrogen-bond donors (Lipinski definition) is 1. The van der Waals surface area contributed by atoms with Crippen LogP contribution in [0, 0.1) is 0 Å². The van der Waals surface area contributed by atoms with Crippen molar-refractivity contribution in [1.29, 1.82) is 0 Å². The summed E-state index contributed by atoms with van der Waals surface area (Å²) < 4.78 is 10.9. The lowest BCUT2D eigenvalue weighted by atomic mass is 10.1. The molecule has 0 aromatic carbocycles. The summed E-state index contributed by atoms with van der Waals surface area (Å²) in [5.41, 5.74) is 0. The van der Waals surface area contributed by atoms with E-state index in [9.17, 15) is 4.79 Å². The molecule has 2 fully saturated rings. The van der Waals surface area contributed by atoms with Crippen LogP contribution < -0.4 is 5.32 Å². The number of nitrogens with one attached hydrogen (secondary N) is 1. The van der Waals surface area contributed by atoms with Crippen molar-refractivity contribution in [3.05, 3.63) is 24.2 Å². The van der Waals surface area contributed by atoms with Gasteiger partial charge in [-0.3, -0.25) is 9.69 Å². The Morgan fingerprint density at radius 1 is 1.38 bits per heavy atom. The molecule has 2 atom stereocenters. The van der Waals surface area contributed by atoms with Crippen LogP contribution in [0.5, 0.6) is 0 Å². The number of carbonyl (C=O) groups excluding carboxylic acids is 1. The van der Waals surface area contributed by atoms with E-state index in [1.54, 1.807) is 6.26 Å². The number of carbonyl (C=O) groups is 1. The van der Waals surface area contributed by atoms with Gasteiger partial charge in [-0.1, -0.05) is 0 Å². The SMILES string of the molecule is CC1CNCCN1C(C(=O)N1CCOCC1)c1ccco1. The van der Waals surface area contributed by atoms with Crippen molar-refractivity contribution < 1.29 is 13.9 Å². The maximum absolute atomic E-state index is 13.0. The van der Waals surface area contributed by atoms with Gasteiger partial charge >= 0.3 is 0 Å². The number of ether oxygens (including phenoxy) is 1. The lowest BCUT2D eigenvalue weighted by Gasteiger charge is -2.40. The molecule has 2 aliphatic rings. The van der Waals surface area contributed by atoms with E-state index in [-0.39, 0.29) is 11.9 Å². The normalized spacial score (nSPS) is 25.8. The number of morpholine rings is 1. The van der Waals surface area contributed by atoms with Crippen molar-refractivity contribution in [3.63, 3.8) is 0 Å². The highest BCUT2D eigenvalue weighted by molar-refractivity contribution is 5.82. The van der Waals surface area contributed by atoms with E-state index < -0.39 is 0 Å². The lowest BCUT2D eigenvalue weighted by Crippen LogP contribution is -2.55. The lowest BCUT2D eigenvalue weighted by molar-refractivity contribution is -0.143. The third-order valence-corrected chi connectivity index (χ3v) is 4.25. The van der Waals surface area contributed by atoms with Crippen LogP contribution in [0.15, 0.2) is 22.8 Å². The van der Waals surface area contributed by atoms with Crippen molar-refractivity contribution in [1.82, 2.24) is 15.1 Å². The number of piperazine rings is 1. The van der Waals surface area contributed by atoms with Crippen molar-refractivity contribution in [2.45, 2.75) is 19.0 Å². The number of rotatable bonds is 3. The maximum atomic E-state index is 13.0. The van der Waals surface area contributed by atoms with E-state index in [4.69, 9.17) is 9.15 Å². The molecule has 0 aliphatic carbocycles. The molecule has 3 heterocycles. The molecule has 116 valence electrons. The van der Waals surface area contributed by atoms with Gasteiger partial charge in [-0.2, -0.15) is 0 Å². The highest BCUT2D eigenvalue weighted by atomic mass is 16.5. The molecule has 3 rings (SSSR count). The Kier molecular flexibility index (Phi) is 4.57. The summed E-state index contributed by atoms with van der Waals surface area (Å²) in [6.07, 6.45) is 1.64. The third kappa shape index (κ3) is 3.12. The fourth-order valence-electron chi connectivity index (χ4n) is 3.07. The Morgan fingerprint density at radius 3 is 2.86 bits per heavy atom. The first kappa shape index (κ1) is 14.6. The second-order valence-electron chi connectivity index (χ2n) is 5.65. The van der Waals surface area contributed by atoms with Gasteiger partial charge in [0.2, 0.25) is 5.91 Å². The summed E-state index contributed by atoms with van der Waals surface area (Å²) in [4.78, 5) is 17.1. The minimum absolute atomic E-state index is 0.127. The second-order valence-corrected chi connectivity index (χ2v) is 5.65. The smallest absolute Gasteiger partial charge is 0.247 e. The van der Waals surface area contributed by atoms with E-state index in [0.717, 1.165) is 25.4 Å². The van der Waals surface area contributed by atoms with Gasteiger partial charge in [0.15, 0.2) is 0 Å². The van der Waals surface area contributed by atoms with Crippen LogP contribution in [-0.4, -0.2) is 67.7 Å². The van der Waals surface area contributed by atoms with Gasteiger partial charge in [-0.15, -0.1) is 0 Å². The molecule has 6 heteroatoms. The highest BCUT2D eigenvalue weighted by Gasteiger charge is 2.37. The Bertz CT molecular complexity index is 457. The van der Waals surface area contributed by atoms with E-state index in [0.29, 0.717) is 32.3 Å². The fourth-order valence-corrected chi connectivity index (χ4v) is 3.07. The Balaban J connectivity index is 1.83. The van der Waals surface area contributed by atoms with Crippen LogP contribution in [0.2, 0.25) is 0 Å². The second kappa shape index (κ2) is 6.60. The third-order valence-electron chi connectivity index (χ3n) is 4.25. The molecule has 6 nitrogen and oxygen atoms in total. The monoisotopic (exact) mass is 293 g/mol. The molecule has 21 heavy (non-hydrogen) atoms. The van der Waals surface area contributed by atoms with Gasteiger partial charge in [0, 0.05) is 38.8 Å². The standard InChI is InChI=1S/C15H23N3O3/c1-12-11-16-4-5-18(12)14(13-3-2-8-21-13)15(19)17-6-9-20-10-7-17/h2-3,8,12,14,16H,4-7,9-11H2,1H3. The molecule has 2 aliphatic heterocycles. The first-order valence-corrected chi connectivity index (χ1v) is 7.64. The number of nitrogens with zero attached hydrogens (tertiary/aromatic N) is 2. The van der Waals surface area contributed by atoms with E-state index in [1.165, 1.54) is 0 Å². The first-order chi connectivity index (χ1) is 10.3. The summed E-state index contributed by atoms with van der Waals surface area (Å²) in [7, 11) is 0. The van der Waals surface area contributed by atoms with Crippen molar-refractivity contribution in [3.8, 4) is 0 Å². The molecular weight excluding hydrogens is 270 g/mol. The molecule has 2 unspecified atom stereocenters. The van der Waals surface area contributed by atoms with Gasteiger partial charge in [-0.05, 0) is 19.1 Å². The zero-order chi connectivity index (χ0) is 14.7. The maximum Gasteiger partial charge on any atom is 0.247 e. The molecule has 0 saturated carbocycles. The first-order valence-electron chi connectivity index (χ1n) is 7.64. The molecule has 1 aromatic rings. The Labute approximate surface area is 125 Å². The largest absolute Gasteiger partial charge is 0.467 e. The van der Waals surface area contributed by atoms with E-state index >= 15 is 0 Å². The van der Waals surface area contributed by atoms with E-state index in [2.05, 4.69) is 17.1 Å². The molecule has 0 radical (unpaired) electrons. The average Bonchev–Trinajstić information content (AvgIpc) is 3.04. The van der Waals surface area contributed by atoms with Crippen molar-refractivity contribution >= 4 is 5.91 Å². The van der Waals surface area contributed by atoms with Crippen LogP contribution in [0.4, 0.5) is 0 Å². The van der Waals surface area contributed by atoms with Gasteiger partial charge in [0.05, 0.1) is 19.5 Å². The summed E-state index contributed by atoms with van der Waals surface area (Å²) in [5.74, 6) is 0.863. The van der Waals surface area contributed by atoms with Gasteiger partial charge in [0.25, 0.3) is 0 Å². The summed E-state index contributed by atoms with van der Waals surface area (Å²) in [5, 5.41) is 3.37. The minimum atomic E-state index is -0.324. The van der Waals surface area contributed by atoms with Gasteiger partial charge in [-0.25, -0.2) is 0 Å². The molecule has 0 bridgehead atoms. The predicted molar refractivity (Wildman–Crippen MR) is 77.9 cm³/mol. The number of hydrogen-bond acceptors (Lipinski definition) is 5. The van der Waals surface area contributed by atoms with Crippen LogP contribution in [0.3, 0.4) is 0 Å². The number of amides is 1. The Morgan fingerprint density at radius 2 is 2.19 bits per heavy atom. The highest BCUT2D eigenvalue weighted by Crippen LogP contribution is 2.27. The summed E-state index contributed by atoms with van der Waals surface area (Å²) in [6.45, 7) is 7.36. The molecule has 1 N–H and O–H groups in total. The molecule has 0 spiro atoms. The fraction of sp³-hybridized carbons (Fsp3) is 0.667.